The molecule has 1 heterocycles. The molecule has 1 saturated heterocycles. The lowest BCUT2D eigenvalue weighted by Gasteiger charge is -2.34. The molecule has 0 unspecified atom stereocenters. The Bertz CT molecular complexity index is 815. The number of hydrogen-bond acceptors (Lipinski definition) is 5. The number of para-hydroxylation sites is 1. The molecule has 1 aliphatic rings. The van der Waals surface area contributed by atoms with Crippen LogP contribution >= 0.6 is 0 Å². The summed E-state index contributed by atoms with van der Waals surface area (Å²) < 4.78 is 5.17. The van der Waals surface area contributed by atoms with Crippen LogP contribution in [0.25, 0.3) is 0 Å². The highest BCUT2D eigenvalue weighted by atomic mass is 16.5. The Morgan fingerprint density at radius 2 is 1.68 bits per heavy atom. The molecule has 0 aromatic heterocycles. The van der Waals surface area contributed by atoms with Gasteiger partial charge in [-0.3, -0.25) is 9.59 Å². The van der Waals surface area contributed by atoms with E-state index in [1.54, 1.807) is 24.3 Å². The summed E-state index contributed by atoms with van der Waals surface area (Å²) in [6, 6.07) is 14.7. The predicted octanol–water partition coefficient (Wildman–Crippen LogP) is 1.82. The number of ether oxygens (including phenoxy) is 1. The van der Waals surface area contributed by atoms with Crippen molar-refractivity contribution < 1.29 is 14.3 Å². The third kappa shape index (κ3) is 5.01. The van der Waals surface area contributed by atoms with Crippen molar-refractivity contribution in [3.05, 3.63) is 54.1 Å². The molecule has 2 N–H and O–H groups in total. The number of carbonyl (C=O) groups is 2. The molecule has 0 bridgehead atoms. The van der Waals surface area contributed by atoms with Crippen molar-refractivity contribution in [1.29, 1.82) is 0 Å². The van der Waals surface area contributed by atoms with Gasteiger partial charge in [-0.2, -0.15) is 0 Å². The van der Waals surface area contributed by atoms with Crippen molar-refractivity contribution >= 4 is 23.2 Å². The molecule has 28 heavy (non-hydrogen) atoms. The van der Waals surface area contributed by atoms with Crippen LogP contribution in [-0.4, -0.2) is 63.6 Å². The second kappa shape index (κ2) is 9.23. The first-order valence-corrected chi connectivity index (χ1v) is 9.31. The average molecular weight is 382 g/mol. The number of amides is 2. The molecule has 7 nitrogen and oxygen atoms in total. The molecule has 3 rings (SSSR count). The molecule has 7 heteroatoms. The largest absolute Gasteiger partial charge is 0.496 e. The van der Waals surface area contributed by atoms with Crippen LogP contribution in [0.4, 0.5) is 11.4 Å². The Morgan fingerprint density at radius 1 is 1.00 bits per heavy atom. The van der Waals surface area contributed by atoms with Crippen LogP contribution < -0.4 is 20.3 Å². The topological polar surface area (TPSA) is 73.9 Å². The molecule has 0 atom stereocenters. The molecule has 148 valence electrons. The lowest BCUT2D eigenvalue weighted by Crippen LogP contribution is -2.44. The lowest BCUT2D eigenvalue weighted by molar-refractivity contribution is -0.115. The van der Waals surface area contributed by atoms with Crippen LogP contribution in [0.1, 0.15) is 10.4 Å². The van der Waals surface area contributed by atoms with E-state index in [9.17, 15) is 9.59 Å². The van der Waals surface area contributed by atoms with E-state index in [-0.39, 0.29) is 18.4 Å². The molecule has 1 fully saturated rings. The van der Waals surface area contributed by atoms with Gasteiger partial charge in [0.05, 0.1) is 19.2 Å². The van der Waals surface area contributed by atoms with Crippen molar-refractivity contribution in [2.45, 2.75) is 0 Å². The Kier molecular flexibility index (Phi) is 6.49. The number of rotatable bonds is 6. The number of carbonyl (C=O) groups excluding carboxylic acids is 2. The van der Waals surface area contributed by atoms with Gasteiger partial charge in [-0.15, -0.1) is 0 Å². The lowest BCUT2D eigenvalue weighted by atomic mass is 10.2. The molecular formula is C21H26N4O3. The summed E-state index contributed by atoms with van der Waals surface area (Å²) in [4.78, 5) is 29.0. The number of hydrogen-bond donors (Lipinski definition) is 2. The number of benzene rings is 2. The van der Waals surface area contributed by atoms with Crippen LogP contribution in [0.5, 0.6) is 5.75 Å². The van der Waals surface area contributed by atoms with Gasteiger partial charge in [-0.1, -0.05) is 12.1 Å². The van der Waals surface area contributed by atoms with E-state index >= 15 is 0 Å². The van der Waals surface area contributed by atoms with E-state index in [0.29, 0.717) is 17.0 Å². The minimum Gasteiger partial charge on any atom is -0.496 e. The first kappa shape index (κ1) is 19.7. The van der Waals surface area contributed by atoms with E-state index in [1.165, 1.54) is 7.11 Å². The van der Waals surface area contributed by atoms with Crippen molar-refractivity contribution in [2.75, 3.05) is 57.1 Å². The first-order valence-electron chi connectivity index (χ1n) is 9.31. The highest BCUT2D eigenvalue weighted by Gasteiger charge is 2.15. The van der Waals surface area contributed by atoms with Crippen LogP contribution in [0.2, 0.25) is 0 Å². The van der Waals surface area contributed by atoms with Gasteiger partial charge in [0.15, 0.2) is 0 Å². The number of methoxy groups -OCH3 is 1. The molecule has 0 aliphatic carbocycles. The Morgan fingerprint density at radius 3 is 2.36 bits per heavy atom. The first-order chi connectivity index (χ1) is 13.6. The molecule has 2 aromatic rings. The summed E-state index contributed by atoms with van der Waals surface area (Å²) in [6.07, 6.45) is 0. The molecule has 2 amide bonds. The zero-order chi connectivity index (χ0) is 19.9. The SMILES string of the molecule is COc1ccccc1C(=O)NCC(=O)Nc1ccc(N2CCN(C)CC2)cc1. The number of nitrogens with one attached hydrogen (secondary N) is 2. The van der Waals surface area contributed by atoms with Gasteiger partial charge >= 0.3 is 0 Å². The summed E-state index contributed by atoms with van der Waals surface area (Å²) in [6.45, 7) is 3.97. The molecular weight excluding hydrogens is 356 g/mol. The Balaban J connectivity index is 1.50. The molecule has 1 aliphatic heterocycles. The van der Waals surface area contributed by atoms with Gasteiger partial charge in [0.25, 0.3) is 5.91 Å². The van der Waals surface area contributed by atoms with Crippen molar-refractivity contribution in [3.8, 4) is 5.75 Å². The van der Waals surface area contributed by atoms with Crippen molar-refractivity contribution in [2.24, 2.45) is 0 Å². The Hall–Kier alpha value is -3.06. The van der Waals surface area contributed by atoms with Gasteiger partial charge in [0.1, 0.15) is 5.75 Å². The van der Waals surface area contributed by atoms with Gasteiger partial charge in [0, 0.05) is 37.6 Å². The minimum atomic E-state index is -0.349. The number of anilines is 2. The van der Waals surface area contributed by atoms with Crippen LogP contribution in [0.15, 0.2) is 48.5 Å². The fourth-order valence-corrected chi connectivity index (χ4v) is 3.11. The van der Waals surface area contributed by atoms with Crippen molar-refractivity contribution in [3.63, 3.8) is 0 Å². The average Bonchev–Trinajstić information content (AvgIpc) is 2.73. The van der Waals surface area contributed by atoms with Crippen LogP contribution in [-0.2, 0) is 4.79 Å². The zero-order valence-electron chi connectivity index (χ0n) is 16.3. The summed E-state index contributed by atoms with van der Waals surface area (Å²) in [5, 5.41) is 5.42. The monoisotopic (exact) mass is 382 g/mol. The highest BCUT2D eigenvalue weighted by molar-refractivity contribution is 6.00. The highest BCUT2D eigenvalue weighted by Crippen LogP contribution is 2.19. The zero-order valence-corrected chi connectivity index (χ0v) is 16.3. The number of piperazine rings is 1. The Labute approximate surface area is 165 Å². The fourth-order valence-electron chi connectivity index (χ4n) is 3.11. The standard InChI is InChI=1S/C21H26N4O3/c1-24-11-13-25(14-12-24)17-9-7-16(8-10-17)23-20(26)15-22-21(27)18-5-3-4-6-19(18)28-2/h3-10H,11-15H2,1-2H3,(H,22,27)(H,23,26). The van der Waals surface area contributed by atoms with E-state index in [2.05, 4.69) is 27.5 Å². The molecule has 2 aromatic carbocycles. The maximum absolute atomic E-state index is 12.2. The molecule has 0 spiro atoms. The van der Waals surface area contributed by atoms with Gasteiger partial charge < -0.3 is 25.2 Å². The summed E-state index contributed by atoms with van der Waals surface area (Å²) in [7, 11) is 3.63. The predicted molar refractivity (Wildman–Crippen MR) is 110 cm³/mol. The maximum Gasteiger partial charge on any atom is 0.255 e. The summed E-state index contributed by atoms with van der Waals surface area (Å²) in [5.74, 6) is -0.159. The van der Waals surface area contributed by atoms with E-state index in [4.69, 9.17) is 4.74 Å². The normalized spacial score (nSPS) is 14.4. The fraction of sp³-hybridized carbons (Fsp3) is 0.333. The van der Waals surface area contributed by atoms with Crippen LogP contribution in [0.3, 0.4) is 0 Å². The van der Waals surface area contributed by atoms with Gasteiger partial charge in [-0.05, 0) is 43.4 Å². The van der Waals surface area contributed by atoms with Gasteiger partial charge in [-0.25, -0.2) is 0 Å². The maximum atomic E-state index is 12.2. The van der Waals surface area contributed by atoms with E-state index in [1.807, 2.05) is 24.3 Å². The van der Waals surface area contributed by atoms with Crippen molar-refractivity contribution in [1.82, 2.24) is 10.2 Å². The summed E-state index contributed by atoms with van der Waals surface area (Å²) >= 11 is 0. The second-order valence-corrected chi connectivity index (χ2v) is 6.77. The quantitative estimate of drug-likeness (QED) is 0.797. The second-order valence-electron chi connectivity index (χ2n) is 6.77. The van der Waals surface area contributed by atoms with Gasteiger partial charge in [0.2, 0.25) is 5.91 Å². The number of nitrogens with zero attached hydrogens (tertiary/aromatic N) is 2. The van der Waals surface area contributed by atoms with E-state index < -0.39 is 0 Å². The third-order valence-corrected chi connectivity index (χ3v) is 4.78. The third-order valence-electron chi connectivity index (χ3n) is 4.78. The molecule has 0 saturated carbocycles. The summed E-state index contributed by atoms with van der Waals surface area (Å²) in [5.41, 5.74) is 2.25. The number of likely N-dealkylation sites (N-methyl/N-ethyl adjacent to an activating group) is 1. The van der Waals surface area contributed by atoms with Crippen LogP contribution in [0, 0.1) is 0 Å². The molecule has 0 radical (unpaired) electrons. The van der Waals surface area contributed by atoms with E-state index in [0.717, 1.165) is 31.9 Å². The minimum absolute atomic E-state index is 0.114. The smallest absolute Gasteiger partial charge is 0.255 e.